The molecule has 1 fully saturated rings. The molecule has 100 valence electrons. The van der Waals surface area contributed by atoms with Crippen LogP contribution in [0.2, 0.25) is 0 Å². The lowest BCUT2D eigenvalue weighted by molar-refractivity contribution is -0.166. The minimum atomic E-state index is -1.26. The van der Waals surface area contributed by atoms with Gasteiger partial charge in [-0.2, -0.15) is 0 Å². The van der Waals surface area contributed by atoms with Gasteiger partial charge in [0.15, 0.2) is 0 Å². The molecule has 1 rings (SSSR count). The average molecular weight is 256 g/mol. The second-order valence-electron chi connectivity index (χ2n) is 4.26. The molecule has 1 saturated carbocycles. The van der Waals surface area contributed by atoms with Crippen molar-refractivity contribution in [3.05, 3.63) is 12.7 Å². The Morgan fingerprint density at radius 3 is 2.28 bits per heavy atom. The summed E-state index contributed by atoms with van der Waals surface area (Å²) < 4.78 is 4.83. The third-order valence-corrected chi connectivity index (χ3v) is 3.15. The Kier molecular flexibility index (Phi) is 4.88. The van der Waals surface area contributed by atoms with Crippen LogP contribution in [0.5, 0.6) is 0 Å². The number of hydrogen-bond acceptors (Lipinski definition) is 4. The van der Waals surface area contributed by atoms with Gasteiger partial charge in [-0.1, -0.05) is 19.1 Å². The summed E-state index contributed by atoms with van der Waals surface area (Å²) in [4.78, 5) is 33.9. The van der Waals surface area contributed by atoms with Gasteiger partial charge in [0.25, 0.3) is 0 Å². The Morgan fingerprint density at radius 1 is 1.17 bits per heavy atom. The molecule has 0 radical (unpaired) electrons. The van der Waals surface area contributed by atoms with Gasteiger partial charge in [-0.3, -0.25) is 14.4 Å². The van der Waals surface area contributed by atoms with Gasteiger partial charge in [-0.25, -0.2) is 0 Å². The lowest BCUT2D eigenvalue weighted by atomic mass is 9.72. The fraction of sp³-hybridized carbons (Fsp3) is 0.583. The fourth-order valence-corrected chi connectivity index (χ4v) is 2.33. The first-order chi connectivity index (χ1) is 8.49. The van der Waals surface area contributed by atoms with Gasteiger partial charge in [0.2, 0.25) is 0 Å². The van der Waals surface area contributed by atoms with E-state index < -0.39 is 35.7 Å². The van der Waals surface area contributed by atoms with Gasteiger partial charge < -0.3 is 14.9 Å². The zero-order chi connectivity index (χ0) is 13.7. The second-order valence-corrected chi connectivity index (χ2v) is 4.26. The smallest absolute Gasteiger partial charge is 0.310 e. The highest BCUT2D eigenvalue weighted by Crippen LogP contribution is 2.36. The van der Waals surface area contributed by atoms with Crippen LogP contribution in [0.3, 0.4) is 0 Å². The summed E-state index contributed by atoms with van der Waals surface area (Å²) in [5, 5.41) is 18.1. The summed E-state index contributed by atoms with van der Waals surface area (Å²) >= 11 is 0. The predicted molar refractivity (Wildman–Crippen MR) is 60.7 cm³/mol. The molecule has 0 amide bonds. The van der Waals surface area contributed by atoms with E-state index in [2.05, 4.69) is 6.58 Å². The number of rotatable bonds is 5. The second kappa shape index (κ2) is 6.18. The maximum atomic E-state index is 11.7. The van der Waals surface area contributed by atoms with Gasteiger partial charge >= 0.3 is 17.9 Å². The molecule has 0 spiro atoms. The molecular formula is C12H16O6. The molecule has 1 aliphatic rings. The van der Waals surface area contributed by atoms with Crippen molar-refractivity contribution in [3.63, 3.8) is 0 Å². The van der Waals surface area contributed by atoms with Crippen molar-refractivity contribution >= 4 is 17.9 Å². The number of aliphatic carboxylic acids is 2. The zero-order valence-electron chi connectivity index (χ0n) is 9.87. The topological polar surface area (TPSA) is 101 Å². The number of hydrogen-bond donors (Lipinski definition) is 2. The molecular weight excluding hydrogens is 240 g/mol. The Labute approximate surface area is 104 Å². The number of carboxylic acid groups (broad SMARTS) is 2. The standard InChI is InChI=1S/C12H16O6/c1-2-6-18-12(17)8-5-3-4-7(10(13)14)9(8)11(15)16/h2,7-9H,1,3-6H2,(H,13,14)(H,15,16). The van der Waals surface area contributed by atoms with E-state index in [1.54, 1.807) is 0 Å². The van der Waals surface area contributed by atoms with Gasteiger partial charge in [0.1, 0.15) is 6.61 Å². The zero-order valence-corrected chi connectivity index (χ0v) is 9.87. The predicted octanol–water partition coefficient (Wildman–Crippen LogP) is 0.917. The van der Waals surface area contributed by atoms with Crippen LogP contribution in [0.15, 0.2) is 12.7 Å². The van der Waals surface area contributed by atoms with Crippen molar-refractivity contribution < 1.29 is 29.3 Å². The SMILES string of the molecule is C=CCOC(=O)C1CCCC(C(=O)O)C1C(=O)O. The largest absolute Gasteiger partial charge is 0.481 e. The molecule has 1 aliphatic carbocycles. The highest BCUT2D eigenvalue weighted by atomic mass is 16.5. The van der Waals surface area contributed by atoms with Crippen molar-refractivity contribution in [2.75, 3.05) is 6.61 Å². The molecule has 0 aromatic carbocycles. The van der Waals surface area contributed by atoms with Crippen molar-refractivity contribution in [2.45, 2.75) is 19.3 Å². The van der Waals surface area contributed by atoms with E-state index in [0.29, 0.717) is 12.8 Å². The quantitative estimate of drug-likeness (QED) is 0.560. The molecule has 0 aromatic rings. The molecule has 0 saturated heterocycles. The summed E-state index contributed by atoms with van der Waals surface area (Å²) in [7, 11) is 0. The van der Waals surface area contributed by atoms with Crippen LogP contribution in [0, 0.1) is 17.8 Å². The summed E-state index contributed by atoms with van der Waals surface area (Å²) in [6, 6.07) is 0. The van der Waals surface area contributed by atoms with Crippen LogP contribution in [-0.4, -0.2) is 34.7 Å². The van der Waals surface area contributed by atoms with E-state index >= 15 is 0 Å². The number of ether oxygens (including phenoxy) is 1. The molecule has 0 aliphatic heterocycles. The summed E-state index contributed by atoms with van der Waals surface area (Å²) in [6.45, 7) is 3.39. The highest BCUT2D eigenvalue weighted by Gasteiger charge is 2.46. The number of carbonyl (C=O) groups is 3. The van der Waals surface area contributed by atoms with Gasteiger partial charge in [0, 0.05) is 0 Å². The van der Waals surface area contributed by atoms with Crippen LogP contribution in [0.25, 0.3) is 0 Å². The highest BCUT2D eigenvalue weighted by molar-refractivity contribution is 5.86. The third-order valence-electron chi connectivity index (χ3n) is 3.15. The molecule has 6 heteroatoms. The number of carboxylic acids is 2. The minimum absolute atomic E-state index is 0.000585. The fourth-order valence-electron chi connectivity index (χ4n) is 2.33. The molecule has 3 atom stereocenters. The average Bonchev–Trinajstić information content (AvgIpc) is 2.34. The van der Waals surface area contributed by atoms with E-state index in [-0.39, 0.29) is 13.0 Å². The monoisotopic (exact) mass is 256 g/mol. The van der Waals surface area contributed by atoms with Gasteiger partial charge in [-0.05, 0) is 12.8 Å². The summed E-state index contributed by atoms with van der Waals surface area (Å²) in [5.41, 5.74) is 0. The molecule has 18 heavy (non-hydrogen) atoms. The van der Waals surface area contributed by atoms with Crippen molar-refractivity contribution in [1.82, 2.24) is 0 Å². The number of esters is 1. The van der Waals surface area contributed by atoms with Crippen molar-refractivity contribution in [3.8, 4) is 0 Å². The van der Waals surface area contributed by atoms with Crippen LogP contribution < -0.4 is 0 Å². The van der Waals surface area contributed by atoms with Gasteiger partial charge in [0.05, 0.1) is 17.8 Å². The maximum Gasteiger partial charge on any atom is 0.310 e. The molecule has 3 unspecified atom stereocenters. The minimum Gasteiger partial charge on any atom is -0.481 e. The Hall–Kier alpha value is -1.85. The molecule has 0 heterocycles. The van der Waals surface area contributed by atoms with Crippen molar-refractivity contribution in [2.24, 2.45) is 17.8 Å². The lowest BCUT2D eigenvalue weighted by Gasteiger charge is -2.31. The first kappa shape index (κ1) is 14.2. The van der Waals surface area contributed by atoms with Crippen LogP contribution in [-0.2, 0) is 19.1 Å². The summed E-state index contributed by atoms with van der Waals surface area (Å²) in [6.07, 6.45) is 2.51. The summed E-state index contributed by atoms with van der Waals surface area (Å²) in [5.74, 6) is -6.23. The third kappa shape index (κ3) is 3.09. The first-order valence-electron chi connectivity index (χ1n) is 5.72. The first-order valence-corrected chi connectivity index (χ1v) is 5.72. The van der Waals surface area contributed by atoms with E-state index in [1.165, 1.54) is 6.08 Å². The Morgan fingerprint density at radius 2 is 1.78 bits per heavy atom. The molecule has 2 N–H and O–H groups in total. The van der Waals surface area contributed by atoms with Crippen LogP contribution in [0.1, 0.15) is 19.3 Å². The van der Waals surface area contributed by atoms with Crippen molar-refractivity contribution in [1.29, 1.82) is 0 Å². The van der Waals surface area contributed by atoms with Crippen LogP contribution in [0.4, 0.5) is 0 Å². The normalized spacial score (nSPS) is 27.2. The molecule has 6 nitrogen and oxygen atoms in total. The number of carbonyl (C=O) groups excluding carboxylic acids is 1. The van der Waals surface area contributed by atoms with E-state index in [0.717, 1.165) is 0 Å². The Bertz CT molecular complexity index is 362. The van der Waals surface area contributed by atoms with Crippen LogP contribution >= 0.6 is 0 Å². The Balaban J connectivity index is 2.86. The van der Waals surface area contributed by atoms with E-state index in [4.69, 9.17) is 14.9 Å². The maximum absolute atomic E-state index is 11.7. The van der Waals surface area contributed by atoms with E-state index in [9.17, 15) is 14.4 Å². The molecule has 0 bridgehead atoms. The van der Waals surface area contributed by atoms with E-state index in [1.807, 2.05) is 0 Å². The lowest BCUT2D eigenvalue weighted by Crippen LogP contribution is -2.42. The molecule has 0 aromatic heterocycles. The van der Waals surface area contributed by atoms with Gasteiger partial charge in [-0.15, -0.1) is 0 Å².